The monoisotopic (exact) mass is 247 g/mol. The molecule has 18 heavy (non-hydrogen) atoms. The number of nitriles is 1. The van der Waals surface area contributed by atoms with Gasteiger partial charge in [-0.15, -0.1) is 0 Å². The number of rotatable bonds is 3. The zero-order valence-electron chi connectivity index (χ0n) is 10.0. The molecule has 1 aromatic carbocycles. The predicted octanol–water partition coefficient (Wildman–Crippen LogP) is 1.49. The zero-order valence-corrected chi connectivity index (χ0v) is 10.0. The first-order valence-electron chi connectivity index (χ1n) is 5.83. The Morgan fingerprint density at radius 1 is 1.61 bits per heavy atom. The first kappa shape index (κ1) is 12.5. The van der Waals surface area contributed by atoms with E-state index in [1.807, 2.05) is 13.0 Å². The second-order valence-corrected chi connectivity index (χ2v) is 4.50. The number of anilines is 1. The Hall–Kier alpha value is -1.93. The van der Waals surface area contributed by atoms with Gasteiger partial charge in [-0.05, 0) is 37.2 Å². The third kappa shape index (κ3) is 2.49. The molecular weight excluding hydrogens is 233 g/mol. The van der Waals surface area contributed by atoms with Gasteiger partial charge in [-0.25, -0.2) is 4.39 Å². The van der Waals surface area contributed by atoms with Crippen molar-refractivity contribution in [2.45, 2.75) is 6.92 Å². The molecule has 1 unspecified atom stereocenters. The summed E-state index contributed by atoms with van der Waals surface area (Å²) in [5.74, 6) is -0.612. The van der Waals surface area contributed by atoms with Crippen LogP contribution in [-0.4, -0.2) is 19.0 Å². The van der Waals surface area contributed by atoms with Gasteiger partial charge < -0.3 is 10.6 Å². The van der Waals surface area contributed by atoms with Gasteiger partial charge in [0.1, 0.15) is 5.82 Å². The molecule has 1 fully saturated rings. The summed E-state index contributed by atoms with van der Waals surface area (Å²) in [6.07, 6.45) is 0. The fourth-order valence-electron chi connectivity index (χ4n) is 1.81. The molecule has 0 aliphatic carbocycles. The van der Waals surface area contributed by atoms with Crippen molar-refractivity contribution in [3.63, 3.8) is 0 Å². The maximum absolute atomic E-state index is 13.6. The van der Waals surface area contributed by atoms with Gasteiger partial charge in [0.05, 0.1) is 17.3 Å². The number of nitrogens with one attached hydrogen (secondary N) is 2. The summed E-state index contributed by atoms with van der Waals surface area (Å²) in [7, 11) is 0. The van der Waals surface area contributed by atoms with Crippen molar-refractivity contribution in [2.24, 2.45) is 11.8 Å². The topological polar surface area (TPSA) is 64.9 Å². The molecule has 1 heterocycles. The lowest BCUT2D eigenvalue weighted by Gasteiger charge is -2.31. The van der Waals surface area contributed by atoms with Gasteiger partial charge >= 0.3 is 0 Å². The van der Waals surface area contributed by atoms with E-state index in [9.17, 15) is 9.18 Å². The maximum Gasteiger partial charge on any atom is 0.227 e. The van der Waals surface area contributed by atoms with Crippen LogP contribution in [-0.2, 0) is 4.79 Å². The van der Waals surface area contributed by atoms with Gasteiger partial charge in [-0.1, -0.05) is 6.92 Å². The minimum Gasteiger partial charge on any atom is -0.323 e. The van der Waals surface area contributed by atoms with Crippen LogP contribution in [0, 0.1) is 29.0 Å². The summed E-state index contributed by atoms with van der Waals surface area (Å²) < 4.78 is 13.6. The Bertz CT molecular complexity index is 505. The largest absolute Gasteiger partial charge is 0.323 e. The van der Waals surface area contributed by atoms with E-state index < -0.39 is 5.82 Å². The number of hydrogen-bond donors (Lipinski definition) is 2. The number of benzene rings is 1. The fraction of sp³-hybridized carbons (Fsp3) is 0.385. The molecule has 1 aliphatic rings. The molecule has 1 aromatic rings. The van der Waals surface area contributed by atoms with E-state index in [4.69, 9.17) is 5.26 Å². The maximum atomic E-state index is 13.6. The Labute approximate surface area is 105 Å². The van der Waals surface area contributed by atoms with Crippen molar-refractivity contribution in [3.8, 4) is 6.07 Å². The quantitative estimate of drug-likeness (QED) is 0.850. The molecule has 94 valence electrons. The van der Waals surface area contributed by atoms with Gasteiger partial charge in [-0.2, -0.15) is 5.26 Å². The molecule has 0 spiro atoms. The van der Waals surface area contributed by atoms with Crippen LogP contribution in [0.1, 0.15) is 12.5 Å². The SMILES string of the molecule is CC(C(=O)Nc1ccc(C#N)cc1F)C1CNC1. The lowest BCUT2D eigenvalue weighted by atomic mass is 9.88. The van der Waals surface area contributed by atoms with Crippen LogP contribution in [0.3, 0.4) is 0 Å². The van der Waals surface area contributed by atoms with Gasteiger partial charge in [0, 0.05) is 5.92 Å². The molecule has 1 saturated heterocycles. The first-order valence-corrected chi connectivity index (χ1v) is 5.83. The molecule has 5 heteroatoms. The second-order valence-electron chi connectivity index (χ2n) is 4.50. The molecule has 2 N–H and O–H groups in total. The molecule has 0 saturated carbocycles. The third-order valence-electron chi connectivity index (χ3n) is 3.29. The van der Waals surface area contributed by atoms with Crippen LogP contribution in [0.2, 0.25) is 0 Å². The van der Waals surface area contributed by atoms with Crippen molar-refractivity contribution in [3.05, 3.63) is 29.6 Å². The van der Waals surface area contributed by atoms with Crippen LogP contribution in [0.5, 0.6) is 0 Å². The van der Waals surface area contributed by atoms with Gasteiger partial charge in [0.2, 0.25) is 5.91 Å². The molecule has 0 aromatic heterocycles. The van der Waals surface area contributed by atoms with Crippen LogP contribution in [0.4, 0.5) is 10.1 Å². The van der Waals surface area contributed by atoms with Crippen molar-refractivity contribution in [1.29, 1.82) is 5.26 Å². The number of carbonyl (C=O) groups excluding carboxylic acids is 1. The molecule has 4 nitrogen and oxygen atoms in total. The van der Waals surface area contributed by atoms with Gasteiger partial charge in [0.15, 0.2) is 0 Å². The van der Waals surface area contributed by atoms with Gasteiger partial charge in [-0.3, -0.25) is 4.79 Å². The minimum atomic E-state index is -0.582. The summed E-state index contributed by atoms with van der Waals surface area (Å²) in [5.41, 5.74) is 0.361. The second kappa shape index (κ2) is 5.15. The lowest BCUT2D eigenvalue weighted by molar-refractivity contribution is -0.121. The molecule has 1 aliphatic heterocycles. The smallest absolute Gasteiger partial charge is 0.227 e. The van der Waals surface area contributed by atoms with Crippen LogP contribution >= 0.6 is 0 Å². The summed E-state index contributed by atoms with van der Waals surface area (Å²) in [5, 5.41) is 14.3. The standard InChI is InChI=1S/C13H14FN3O/c1-8(10-6-16-7-10)13(18)17-12-3-2-9(5-15)4-11(12)14/h2-4,8,10,16H,6-7H2,1H3,(H,17,18). The Balaban J connectivity index is 2.04. The van der Waals surface area contributed by atoms with E-state index in [-0.39, 0.29) is 23.1 Å². The molecule has 1 atom stereocenters. The van der Waals surface area contributed by atoms with Crippen LogP contribution in [0.15, 0.2) is 18.2 Å². The number of carbonyl (C=O) groups is 1. The summed E-state index contributed by atoms with van der Waals surface area (Å²) in [6, 6.07) is 5.86. The summed E-state index contributed by atoms with van der Waals surface area (Å²) >= 11 is 0. The Kier molecular flexibility index (Phi) is 3.58. The zero-order chi connectivity index (χ0) is 13.1. The fourth-order valence-corrected chi connectivity index (χ4v) is 1.81. The normalized spacial score (nSPS) is 16.5. The van der Waals surface area contributed by atoms with E-state index in [1.54, 1.807) is 0 Å². The Morgan fingerprint density at radius 2 is 2.33 bits per heavy atom. The van der Waals surface area contributed by atoms with Crippen molar-refractivity contribution >= 4 is 11.6 Å². The highest BCUT2D eigenvalue weighted by molar-refractivity contribution is 5.92. The number of amides is 1. The third-order valence-corrected chi connectivity index (χ3v) is 3.29. The van der Waals surface area contributed by atoms with E-state index in [0.717, 1.165) is 19.2 Å². The van der Waals surface area contributed by atoms with E-state index in [2.05, 4.69) is 10.6 Å². The van der Waals surface area contributed by atoms with E-state index in [0.29, 0.717) is 5.92 Å². The number of nitrogens with zero attached hydrogens (tertiary/aromatic N) is 1. The minimum absolute atomic E-state index is 0.123. The van der Waals surface area contributed by atoms with Gasteiger partial charge in [0.25, 0.3) is 0 Å². The highest BCUT2D eigenvalue weighted by Crippen LogP contribution is 2.20. The first-order chi connectivity index (χ1) is 8.61. The summed E-state index contributed by atoms with van der Waals surface area (Å²) in [6.45, 7) is 3.48. The van der Waals surface area contributed by atoms with Crippen LogP contribution < -0.4 is 10.6 Å². The average molecular weight is 247 g/mol. The highest BCUT2D eigenvalue weighted by atomic mass is 19.1. The molecule has 0 radical (unpaired) electrons. The van der Waals surface area contributed by atoms with E-state index >= 15 is 0 Å². The van der Waals surface area contributed by atoms with Crippen molar-refractivity contribution < 1.29 is 9.18 Å². The average Bonchev–Trinajstić information content (AvgIpc) is 2.29. The number of hydrogen-bond acceptors (Lipinski definition) is 3. The molecule has 0 bridgehead atoms. The van der Waals surface area contributed by atoms with Crippen LogP contribution in [0.25, 0.3) is 0 Å². The number of halogens is 1. The molecule has 2 rings (SSSR count). The predicted molar refractivity (Wildman–Crippen MR) is 65.3 cm³/mol. The summed E-state index contributed by atoms with van der Waals surface area (Å²) in [4.78, 5) is 11.9. The lowest BCUT2D eigenvalue weighted by Crippen LogP contribution is -2.48. The Morgan fingerprint density at radius 3 is 2.83 bits per heavy atom. The highest BCUT2D eigenvalue weighted by Gasteiger charge is 2.28. The molecular formula is C13H14FN3O. The van der Waals surface area contributed by atoms with Crippen molar-refractivity contribution in [1.82, 2.24) is 5.32 Å². The molecule has 1 amide bonds. The van der Waals surface area contributed by atoms with Crippen molar-refractivity contribution in [2.75, 3.05) is 18.4 Å². The van der Waals surface area contributed by atoms with E-state index in [1.165, 1.54) is 12.1 Å².